The molecular formula is C23H33N4O3+. The monoisotopic (exact) mass is 413 g/mol. The molecule has 0 heterocycles. The fourth-order valence-electron chi connectivity index (χ4n) is 3.24. The number of nitrogens with zero attached hydrogens (tertiary/aromatic N) is 1. The molecule has 2 rings (SSSR count). The van der Waals surface area contributed by atoms with Crippen LogP contribution in [0.4, 0.5) is 5.69 Å². The van der Waals surface area contributed by atoms with Crippen LogP contribution in [0.2, 0.25) is 0 Å². The van der Waals surface area contributed by atoms with Gasteiger partial charge in [-0.2, -0.15) is 0 Å². The highest BCUT2D eigenvalue weighted by molar-refractivity contribution is 6.35. The lowest BCUT2D eigenvalue weighted by atomic mass is 10.1. The standard InChI is InChI=1S/C23H32N4O3/c1-26(2)19-12-10-17(11-13-19)20(27(3)4)16-25-23(29)22(28)24-15-14-18-8-6-7-9-21(18)30-5/h6-13,20H,14-16H2,1-5H3,(H,24,28)(H,25,29)/p+1/t20-/m1/s1. The van der Waals surface area contributed by atoms with Gasteiger partial charge in [0.2, 0.25) is 0 Å². The van der Waals surface area contributed by atoms with Crippen molar-refractivity contribution in [2.45, 2.75) is 12.5 Å². The Morgan fingerprint density at radius 2 is 1.63 bits per heavy atom. The second-order valence-electron chi connectivity index (χ2n) is 7.64. The van der Waals surface area contributed by atoms with Crippen LogP contribution < -0.4 is 25.2 Å². The lowest BCUT2D eigenvalue weighted by Gasteiger charge is -2.23. The number of anilines is 1. The summed E-state index contributed by atoms with van der Waals surface area (Å²) in [7, 11) is 9.67. The van der Waals surface area contributed by atoms with E-state index < -0.39 is 11.8 Å². The predicted octanol–water partition coefficient (Wildman–Crippen LogP) is 0.422. The number of carbonyl (C=O) groups is 2. The molecule has 0 radical (unpaired) electrons. The summed E-state index contributed by atoms with van der Waals surface area (Å²) in [4.78, 5) is 27.6. The van der Waals surface area contributed by atoms with Gasteiger partial charge in [-0.3, -0.25) is 9.59 Å². The first-order valence-corrected chi connectivity index (χ1v) is 10.1. The Bertz CT molecular complexity index is 835. The maximum absolute atomic E-state index is 12.2. The molecule has 0 aliphatic carbocycles. The molecule has 0 unspecified atom stereocenters. The van der Waals surface area contributed by atoms with Gasteiger partial charge < -0.3 is 25.2 Å². The maximum atomic E-state index is 12.2. The molecule has 0 aliphatic heterocycles. The van der Waals surface area contributed by atoms with E-state index in [1.165, 1.54) is 4.90 Å². The smallest absolute Gasteiger partial charge is 0.309 e. The first kappa shape index (κ1) is 23.2. The van der Waals surface area contributed by atoms with Crippen LogP contribution in [0.5, 0.6) is 5.75 Å². The van der Waals surface area contributed by atoms with Crippen LogP contribution in [0.1, 0.15) is 17.2 Å². The van der Waals surface area contributed by atoms with E-state index in [2.05, 4.69) is 34.9 Å². The van der Waals surface area contributed by atoms with Crippen LogP contribution >= 0.6 is 0 Å². The zero-order chi connectivity index (χ0) is 22.1. The van der Waals surface area contributed by atoms with Crippen LogP contribution in [0.15, 0.2) is 48.5 Å². The van der Waals surface area contributed by atoms with Gasteiger partial charge in [0.15, 0.2) is 0 Å². The normalized spacial score (nSPS) is 11.7. The Hall–Kier alpha value is -3.06. The lowest BCUT2D eigenvalue weighted by Crippen LogP contribution is -3.07. The second-order valence-corrected chi connectivity index (χ2v) is 7.64. The molecule has 0 saturated heterocycles. The summed E-state index contributed by atoms with van der Waals surface area (Å²) in [5, 5.41) is 5.44. The molecule has 7 heteroatoms. The van der Waals surface area contributed by atoms with Crippen LogP contribution in [0.25, 0.3) is 0 Å². The van der Waals surface area contributed by atoms with Gasteiger partial charge in [0.25, 0.3) is 0 Å². The average molecular weight is 414 g/mol. The van der Waals surface area contributed by atoms with Crippen molar-refractivity contribution in [1.29, 1.82) is 0 Å². The van der Waals surface area contributed by atoms with Crippen molar-refractivity contribution in [3.8, 4) is 5.75 Å². The van der Waals surface area contributed by atoms with Crippen molar-refractivity contribution < 1.29 is 19.2 Å². The van der Waals surface area contributed by atoms with E-state index in [9.17, 15) is 9.59 Å². The number of amides is 2. The Balaban J connectivity index is 1.86. The first-order valence-electron chi connectivity index (χ1n) is 10.1. The molecule has 1 atom stereocenters. The van der Waals surface area contributed by atoms with Crippen LogP contribution in [0.3, 0.4) is 0 Å². The van der Waals surface area contributed by atoms with Gasteiger partial charge in [-0.25, -0.2) is 0 Å². The Kier molecular flexibility index (Phi) is 8.68. The predicted molar refractivity (Wildman–Crippen MR) is 119 cm³/mol. The first-order chi connectivity index (χ1) is 14.3. The lowest BCUT2D eigenvalue weighted by molar-refractivity contribution is -0.890. The summed E-state index contributed by atoms with van der Waals surface area (Å²) in [6.07, 6.45) is 0.589. The molecule has 3 N–H and O–H groups in total. The number of benzene rings is 2. The summed E-state index contributed by atoms with van der Waals surface area (Å²) >= 11 is 0. The number of likely N-dealkylation sites (N-methyl/N-ethyl adjacent to an activating group) is 1. The number of hydrogen-bond donors (Lipinski definition) is 3. The Morgan fingerprint density at radius 1 is 1.00 bits per heavy atom. The highest BCUT2D eigenvalue weighted by Crippen LogP contribution is 2.17. The van der Waals surface area contributed by atoms with Gasteiger partial charge >= 0.3 is 11.8 Å². The molecule has 0 fully saturated rings. The molecule has 2 aromatic carbocycles. The van der Waals surface area contributed by atoms with Crippen LogP contribution in [0, 0.1) is 0 Å². The maximum Gasteiger partial charge on any atom is 0.309 e. The van der Waals surface area contributed by atoms with Crippen molar-refractivity contribution in [1.82, 2.24) is 10.6 Å². The molecule has 0 spiro atoms. The Labute approximate surface area is 179 Å². The molecule has 2 amide bonds. The number of carbonyl (C=O) groups excluding carboxylic acids is 2. The number of methoxy groups -OCH3 is 1. The van der Waals surface area contributed by atoms with Gasteiger partial charge in [0.05, 0.1) is 27.7 Å². The van der Waals surface area contributed by atoms with E-state index >= 15 is 0 Å². The zero-order valence-electron chi connectivity index (χ0n) is 18.5. The number of nitrogens with one attached hydrogen (secondary N) is 3. The number of rotatable bonds is 9. The third-order valence-electron chi connectivity index (χ3n) is 5.05. The number of quaternary nitrogens is 1. The minimum atomic E-state index is -0.625. The second kappa shape index (κ2) is 11.2. The fraction of sp³-hybridized carbons (Fsp3) is 0.391. The molecule has 0 saturated carbocycles. The quantitative estimate of drug-likeness (QED) is 0.521. The molecule has 7 nitrogen and oxygen atoms in total. The molecule has 0 bridgehead atoms. The summed E-state index contributed by atoms with van der Waals surface area (Å²) in [6.45, 7) is 0.739. The molecule has 162 valence electrons. The molecule has 0 aliphatic rings. The van der Waals surface area contributed by atoms with Crippen molar-refractivity contribution in [3.63, 3.8) is 0 Å². The van der Waals surface area contributed by atoms with Crippen molar-refractivity contribution >= 4 is 17.5 Å². The van der Waals surface area contributed by atoms with Gasteiger partial charge in [0, 0.05) is 31.9 Å². The largest absolute Gasteiger partial charge is 0.496 e. The summed E-state index contributed by atoms with van der Waals surface area (Å²) in [6, 6.07) is 15.9. The van der Waals surface area contributed by atoms with Gasteiger partial charge in [-0.15, -0.1) is 0 Å². The number of hydrogen-bond acceptors (Lipinski definition) is 4. The van der Waals surface area contributed by atoms with Crippen molar-refractivity contribution in [3.05, 3.63) is 59.7 Å². The SMILES string of the molecule is COc1ccccc1CCNC(=O)C(=O)NC[C@H](c1ccc(N(C)C)cc1)[NH+](C)C. The van der Waals surface area contributed by atoms with E-state index in [1.54, 1.807) is 7.11 Å². The minimum Gasteiger partial charge on any atom is -0.496 e. The van der Waals surface area contributed by atoms with Crippen molar-refractivity contribution in [2.75, 3.05) is 53.3 Å². The molecule has 0 aromatic heterocycles. The third kappa shape index (κ3) is 6.49. The van der Waals surface area contributed by atoms with E-state index in [0.717, 1.165) is 22.6 Å². The van der Waals surface area contributed by atoms with Gasteiger partial charge in [0.1, 0.15) is 11.8 Å². The Morgan fingerprint density at radius 3 is 2.23 bits per heavy atom. The summed E-state index contributed by atoms with van der Waals surface area (Å²) in [5.41, 5.74) is 3.21. The van der Waals surface area contributed by atoms with E-state index in [1.807, 2.05) is 57.4 Å². The highest BCUT2D eigenvalue weighted by Gasteiger charge is 2.21. The van der Waals surface area contributed by atoms with Gasteiger partial charge in [-0.1, -0.05) is 30.3 Å². The van der Waals surface area contributed by atoms with Crippen LogP contribution in [-0.4, -0.2) is 60.2 Å². The van der Waals surface area contributed by atoms with Crippen molar-refractivity contribution in [2.24, 2.45) is 0 Å². The van der Waals surface area contributed by atoms with E-state index in [4.69, 9.17) is 4.74 Å². The van der Waals surface area contributed by atoms with Gasteiger partial charge in [-0.05, 0) is 30.2 Å². The zero-order valence-corrected chi connectivity index (χ0v) is 18.5. The fourth-order valence-corrected chi connectivity index (χ4v) is 3.24. The summed E-state index contributed by atoms with van der Waals surface area (Å²) in [5.74, 6) is -0.472. The number of para-hydroxylation sites is 1. The van der Waals surface area contributed by atoms with E-state index in [-0.39, 0.29) is 6.04 Å². The summed E-state index contributed by atoms with van der Waals surface area (Å²) < 4.78 is 5.30. The molecule has 30 heavy (non-hydrogen) atoms. The molecule has 2 aromatic rings. The third-order valence-corrected chi connectivity index (χ3v) is 5.05. The molecular weight excluding hydrogens is 380 g/mol. The minimum absolute atomic E-state index is 0.0477. The highest BCUT2D eigenvalue weighted by atomic mass is 16.5. The van der Waals surface area contributed by atoms with E-state index in [0.29, 0.717) is 19.5 Å². The van der Waals surface area contributed by atoms with Crippen LogP contribution in [-0.2, 0) is 16.0 Å². The average Bonchev–Trinajstić information content (AvgIpc) is 2.74. The number of ether oxygens (including phenoxy) is 1. The topological polar surface area (TPSA) is 75.1 Å².